The Kier molecular flexibility index (Phi) is 4.81. The number of hydrogen-bond donors (Lipinski definition) is 1. The maximum Gasteiger partial charge on any atom is 0.262 e. The highest BCUT2D eigenvalue weighted by molar-refractivity contribution is 6.31. The van der Waals surface area contributed by atoms with Crippen molar-refractivity contribution in [2.45, 2.75) is 20.3 Å². The Morgan fingerprint density at radius 1 is 0.912 bits per heavy atom. The van der Waals surface area contributed by atoms with Crippen molar-refractivity contribution < 1.29 is 4.79 Å². The molecular formula is C27H23ClN4O2. The van der Waals surface area contributed by atoms with Crippen LogP contribution >= 0.6 is 11.6 Å². The molecule has 0 radical (unpaired) electrons. The van der Waals surface area contributed by atoms with Crippen LogP contribution in [0.4, 0.5) is 5.95 Å². The second kappa shape index (κ2) is 7.77. The van der Waals surface area contributed by atoms with E-state index < -0.39 is 0 Å². The third-order valence-electron chi connectivity index (χ3n) is 6.80. The maximum atomic E-state index is 13.5. The van der Waals surface area contributed by atoms with E-state index in [4.69, 9.17) is 21.6 Å². The Balaban J connectivity index is 1.65. The summed E-state index contributed by atoms with van der Waals surface area (Å²) in [5.74, 6) is 1.41. The van der Waals surface area contributed by atoms with Gasteiger partial charge in [0.15, 0.2) is 11.4 Å². The molecule has 0 spiro atoms. The van der Waals surface area contributed by atoms with Crippen molar-refractivity contribution in [1.82, 2.24) is 15.0 Å². The third-order valence-corrected chi connectivity index (χ3v) is 7.05. The van der Waals surface area contributed by atoms with E-state index >= 15 is 0 Å². The van der Waals surface area contributed by atoms with Gasteiger partial charge in [-0.05, 0) is 36.0 Å². The van der Waals surface area contributed by atoms with Crippen molar-refractivity contribution in [3.63, 3.8) is 0 Å². The van der Waals surface area contributed by atoms with Gasteiger partial charge in [0.2, 0.25) is 5.95 Å². The Morgan fingerprint density at radius 3 is 2.29 bits per heavy atom. The van der Waals surface area contributed by atoms with Crippen molar-refractivity contribution in [2.75, 3.05) is 18.0 Å². The van der Waals surface area contributed by atoms with Crippen molar-refractivity contribution in [3.05, 3.63) is 75.0 Å². The first-order valence-electron chi connectivity index (χ1n) is 11.5. The molecule has 7 heteroatoms. The van der Waals surface area contributed by atoms with Gasteiger partial charge >= 0.3 is 0 Å². The van der Waals surface area contributed by atoms with Gasteiger partial charge in [-0.15, -0.1) is 0 Å². The number of halogens is 1. The molecule has 0 amide bonds. The summed E-state index contributed by atoms with van der Waals surface area (Å²) in [7, 11) is 0. The molecule has 1 saturated heterocycles. The van der Waals surface area contributed by atoms with E-state index in [1.807, 2.05) is 30.3 Å². The zero-order chi connectivity index (χ0) is 23.6. The number of pyridine rings is 1. The molecule has 34 heavy (non-hydrogen) atoms. The van der Waals surface area contributed by atoms with Crippen molar-refractivity contribution in [1.29, 1.82) is 0 Å². The molecule has 3 heterocycles. The van der Waals surface area contributed by atoms with Crippen molar-refractivity contribution in [2.24, 2.45) is 11.8 Å². The fourth-order valence-corrected chi connectivity index (χ4v) is 5.62. The van der Waals surface area contributed by atoms with Gasteiger partial charge in [-0.2, -0.15) is 4.98 Å². The van der Waals surface area contributed by atoms with Crippen LogP contribution in [-0.4, -0.2) is 33.8 Å². The molecule has 1 N–H and O–H groups in total. The van der Waals surface area contributed by atoms with Crippen LogP contribution in [0.3, 0.4) is 0 Å². The summed E-state index contributed by atoms with van der Waals surface area (Å²) in [5, 5.41) is 0.903. The first-order chi connectivity index (χ1) is 16.4. The lowest BCUT2D eigenvalue weighted by Gasteiger charge is -2.35. The minimum absolute atomic E-state index is 0.132. The molecule has 170 valence electrons. The predicted octanol–water partition coefficient (Wildman–Crippen LogP) is 5.33. The van der Waals surface area contributed by atoms with Gasteiger partial charge in [-0.25, -0.2) is 4.98 Å². The smallest absolute Gasteiger partial charge is 0.262 e. The van der Waals surface area contributed by atoms with Crippen LogP contribution in [0.25, 0.3) is 33.4 Å². The number of anilines is 1. The minimum Gasteiger partial charge on any atom is -0.342 e. The van der Waals surface area contributed by atoms with Crippen LogP contribution in [0.15, 0.2) is 53.3 Å². The summed E-state index contributed by atoms with van der Waals surface area (Å²) < 4.78 is 0. The van der Waals surface area contributed by atoms with Gasteiger partial charge in [0.05, 0.1) is 16.6 Å². The molecule has 6 rings (SSSR count). The number of piperidine rings is 1. The summed E-state index contributed by atoms with van der Waals surface area (Å²) in [6.45, 7) is 6.09. The molecule has 0 saturated carbocycles. The molecule has 6 nitrogen and oxygen atoms in total. The molecule has 2 aliphatic rings. The normalized spacial score (nSPS) is 19.4. The van der Waals surface area contributed by atoms with Gasteiger partial charge in [0, 0.05) is 34.8 Å². The molecule has 4 aromatic rings. The molecule has 2 aromatic carbocycles. The van der Waals surface area contributed by atoms with Crippen LogP contribution in [0.5, 0.6) is 0 Å². The topological polar surface area (TPSA) is 79.0 Å². The zero-order valence-corrected chi connectivity index (χ0v) is 19.7. The average molecular weight is 471 g/mol. The average Bonchev–Trinajstić information content (AvgIpc) is 3.09. The monoisotopic (exact) mass is 470 g/mol. The Bertz CT molecular complexity index is 1520. The van der Waals surface area contributed by atoms with Crippen LogP contribution < -0.4 is 10.5 Å². The number of nitrogens with zero attached hydrogens (tertiary/aromatic N) is 3. The summed E-state index contributed by atoms with van der Waals surface area (Å²) >= 11 is 6.13. The lowest BCUT2D eigenvalue weighted by Crippen LogP contribution is -2.40. The van der Waals surface area contributed by atoms with E-state index in [0.717, 1.165) is 30.6 Å². The highest BCUT2D eigenvalue weighted by atomic mass is 35.5. The summed E-state index contributed by atoms with van der Waals surface area (Å²) in [5.41, 5.74) is 3.70. The number of aromatic nitrogens is 3. The number of carbonyl (C=O) groups is 1. The maximum absolute atomic E-state index is 13.5. The first kappa shape index (κ1) is 21.1. The molecule has 1 aliphatic carbocycles. The van der Waals surface area contributed by atoms with Crippen molar-refractivity contribution in [3.8, 4) is 22.4 Å². The Hall–Kier alpha value is -3.51. The highest BCUT2D eigenvalue weighted by Gasteiger charge is 2.34. The molecular weight excluding hydrogens is 448 g/mol. The molecule has 0 unspecified atom stereocenters. The fourth-order valence-electron chi connectivity index (χ4n) is 5.49. The quantitative estimate of drug-likeness (QED) is 0.377. The third kappa shape index (κ3) is 3.24. The van der Waals surface area contributed by atoms with Gasteiger partial charge in [-0.3, -0.25) is 14.6 Å². The van der Waals surface area contributed by atoms with Crippen LogP contribution in [0, 0.1) is 11.8 Å². The number of benzene rings is 2. The Labute approximate surface area is 201 Å². The number of rotatable bonds is 2. The first-order valence-corrected chi connectivity index (χ1v) is 11.9. The van der Waals surface area contributed by atoms with E-state index in [2.05, 4.69) is 23.7 Å². The van der Waals surface area contributed by atoms with E-state index in [-0.39, 0.29) is 11.3 Å². The SMILES string of the molecule is C[C@H]1C[C@H](C)CN(c2nc3nc4c(c(-c5ccc(Cl)cc5)c3c(=O)[nH]2)C(=O)c2ccccc2-4)C1. The molecule has 2 atom stereocenters. The second-order valence-electron chi connectivity index (χ2n) is 9.53. The number of H-pyrrole nitrogens is 1. The van der Waals surface area contributed by atoms with Crippen LogP contribution in [0.2, 0.25) is 5.02 Å². The lowest BCUT2D eigenvalue weighted by atomic mass is 9.92. The number of fused-ring (bicyclic) bond motifs is 4. The van der Waals surface area contributed by atoms with Gasteiger partial charge in [0.25, 0.3) is 5.56 Å². The standard InChI is InChI=1S/C27H23ClN4O2/c1-14-11-15(2)13-32(12-14)27-30-25-22(26(34)31-27)20(16-7-9-17(28)10-8-16)21-23(29-25)18-5-3-4-6-19(18)24(21)33/h3-10,14-15H,11-13H2,1-2H3,(H,29,30,31,34)/t14-,15-/m0/s1. The van der Waals surface area contributed by atoms with E-state index in [9.17, 15) is 9.59 Å². The molecule has 1 aliphatic heterocycles. The van der Waals surface area contributed by atoms with Gasteiger partial charge in [-0.1, -0.05) is 61.8 Å². The second-order valence-corrected chi connectivity index (χ2v) is 9.97. The number of hydrogen-bond acceptors (Lipinski definition) is 5. The lowest BCUT2D eigenvalue weighted by molar-refractivity contribution is 0.104. The highest BCUT2D eigenvalue weighted by Crippen LogP contribution is 2.43. The van der Waals surface area contributed by atoms with Crippen LogP contribution in [-0.2, 0) is 0 Å². The molecule has 2 aromatic heterocycles. The summed E-state index contributed by atoms with van der Waals surface area (Å²) in [6, 6.07) is 14.6. The molecule has 0 bridgehead atoms. The van der Waals surface area contributed by atoms with Crippen LogP contribution in [0.1, 0.15) is 36.2 Å². The number of ketones is 1. The molecule has 1 fully saturated rings. The largest absolute Gasteiger partial charge is 0.342 e. The number of nitrogens with one attached hydrogen (secondary N) is 1. The van der Waals surface area contributed by atoms with E-state index in [1.54, 1.807) is 18.2 Å². The zero-order valence-electron chi connectivity index (χ0n) is 18.9. The minimum atomic E-state index is -0.296. The van der Waals surface area contributed by atoms with Gasteiger partial charge in [0.1, 0.15) is 0 Å². The van der Waals surface area contributed by atoms with E-state index in [1.165, 1.54) is 0 Å². The summed E-state index contributed by atoms with van der Waals surface area (Å²) in [6.07, 6.45) is 1.15. The number of carbonyl (C=O) groups excluding carboxylic acids is 1. The van der Waals surface area contributed by atoms with E-state index in [0.29, 0.717) is 56.2 Å². The number of aromatic amines is 1. The predicted molar refractivity (Wildman–Crippen MR) is 135 cm³/mol. The fraction of sp³-hybridized carbons (Fsp3) is 0.259. The summed E-state index contributed by atoms with van der Waals surface area (Å²) in [4.78, 5) is 41.8. The van der Waals surface area contributed by atoms with Crippen molar-refractivity contribution >= 4 is 34.4 Å². The van der Waals surface area contributed by atoms with Gasteiger partial charge < -0.3 is 4.90 Å². The Morgan fingerprint density at radius 2 is 1.59 bits per heavy atom.